The molecule has 0 aromatic carbocycles. The van der Waals surface area contributed by atoms with Gasteiger partial charge in [0.05, 0.1) is 0 Å². The Bertz CT molecular complexity index is 21.3. The molecule has 0 aliphatic rings. The van der Waals surface area contributed by atoms with Crippen LogP contribution in [0.1, 0.15) is 0 Å². The minimum Gasteiger partial charge on any atom is -0.813 e. The van der Waals surface area contributed by atoms with Gasteiger partial charge in [0.1, 0.15) is 0 Å². The Morgan fingerprint density at radius 1 is 0.235 bits per heavy atom. The monoisotopic (exact) mass is 792 g/mol. The molecular weight excluding hydrogens is 775 g/mol. The summed E-state index contributed by atoms with van der Waals surface area (Å²) in [5.74, 6) is 0. The fourth-order valence-electron chi connectivity index (χ4n) is 0. The van der Waals surface area contributed by atoms with Crippen LogP contribution in [0.25, 0.3) is 0 Å². The van der Waals surface area contributed by atoms with Crippen molar-refractivity contribution < 1.29 is 141 Å². The number of hydrogen-bond acceptors (Lipinski definition) is 6. The summed E-state index contributed by atoms with van der Waals surface area (Å²) in [5, 5.41) is 0. The van der Waals surface area contributed by atoms with Crippen LogP contribution in [0.15, 0.2) is 0 Å². The summed E-state index contributed by atoms with van der Waals surface area (Å²) < 4.78 is 0. The third-order valence-electron chi connectivity index (χ3n) is 0. The van der Waals surface area contributed by atoms with Crippen LogP contribution < -0.4 is 0 Å². The van der Waals surface area contributed by atoms with Gasteiger partial charge in [0, 0.05) is 141 Å². The first-order valence-corrected chi connectivity index (χ1v) is 0. The molecule has 0 rings (SSSR count). The quantitative estimate of drug-likeness (QED) is 0.106. The summed E-state index contributed by atoms with van der Waals surface area (Å²) in [6, 6.07) is 0. The zero-order valence-electron chi connectivity index (χ0n) is 7.30. The maximum absolute atomic E-state index is 0. The van der Waals surface area contributed by atoms with Gasteiger partial charge in [-0.05, 0) is 0 Å². The van der Waals surface area contributed by atoms with Crippen molar-refractivity contribution in [2.75, 3.05) is 0 Å². The summed E-state index contributed by atoms with van der Waals surface area (Å²) in [6.45, 7) is 0. The van der Waals surface area contributed by atoms with E-state index in [1.165, 1.54) is 0 Å². The Balaban J connectivity index is 0. The Morgan fingerprint density at radius 2 is 0.235 bits per heavy atom. The topological polar surface area (TPSA) is 0 Å². The molecule has 17 heteroatoms. The average Bonchev–Trinajstić information content (AvgIpc) is 0. The summed E-state index contributed by atoms with van der Waals surface area (Å²) in [5.41, 5.74) is 0. The molecule has 0 amide bonds. The van der Waals surface area contributed by atoms with Crippen LogP contribution in [0, 0.1) is 0 Å². The molecule has 0 bridgehead atoms. The van der Waals surface area contributed by atoms with Crippen molar-refractivity contribution in [1.29, 1.82) is 0 Å². The normalized spacial score (nSPS) is 0. The van der Waals surface area contributed by atoms with Gasteiger partial charge < -0.3 is 81.0 Å². The molecular formula is H15Fe7MoS9-3. The molecule has 0 radical (unpaired) electrons. The van der Waals surface area contributed by atoms with Crippen molar-refractivity contribution in [2.45, 2.75) is 0 Å². The molecule has 0 unspecified atom stereocenters. The van der Waals surface area contributed by atoms with E-state index in [0.717, 1.165) is 0 Å². The molecule has 17 heavy (non-hydrogen) atoms. The van der Waals surface area contributed by atoms with Crippen molar-refractivity contribution in [2.24, 2.45) is 0 Å². The zero-order chi connectivity index (χ0) is 0. The van der Waals surface area contributed by atoms with Gasteiger partial charge in [0.2, 0.25) is 0 Å². The summed E-state index contributed by atoms with van der Waals surface area (Å²) in [4.78, 5) is 0. The van der Waals surface area contributed by atoms with E-state index in [4.69, 9.17) is 0 Å². The smallest absolute Gasteiger partial charge is 0 e. The molecule has 0 aromatic heterocycles. The SMILES string of the molecule is [Fe].[Fe].[Fe].[Fe].[Fe].[Fe].[Fe].[Mo].[SH-].[SH-].[SH-].[SH-].[SH-].[SH-].[SH3+].[SH3+].[SH3+]. The Kier molecular flexibility index (Phi) is 3010. The largest absolute Gasteiger partial charge is 0.813 e. The molecule has 0 atom stereocenters. The molecule has 0 aliphatic carbocycles. The Morgan fingerprint density at radius 3 is 0.235 bits per heavy atom. The van der Waals surface area contributed by atoms with Crippen molar-refractivity contribution in [3.8, 4) is 0 Å². The number of thiol groups is 6. The standard InChI is InChI=1S/7Fe.Mo.9H2S/h;;;;;;;;9*1H2/p-3. The molecule has 0 aromatic rings. The predicted molar refractivity (Wildman–Crippen MR) is 87.2 cm³/mol. The van der Waals surface area contributed by atoms with E-state index in [1.54, 1.807) is 0 Å². The van der Waals surface area contributed by atoms with Gasteiger partial charge in [-0.15, -0.1) is 0 Å². The maximum Gasteiger partial charge on any atom is 0 e. The van der Waals surface area contributed by atoms with Crippen LogP contribution in [-0.2, 0) is 262 Å². The summed E-state index contributed by atoms with van der Waals surface area (Å²) >= 11 is 0. The van der Waals surface area contributed by atoms with Crippen molar-refractivity contribution >= 4 is 121 Å². The number of hydrogen-bond donors (Lipinski definition) is 0. The Hall–Kier alpha value is 7.47. The summed E-state index contributed by atoms with van der Waals surface area (Å²) in [6.07, 6.45) is 0. The van der Waals surface area contributed by atoms with Gasteiger partial charge in [-0.25, -0.2) is 0 Å². The van der Waals surface area contributed by atoms with Gasteiger partial charge in [0.15, 0.2) is 0 Å². The van der Waals surface area contributed by atoms with Crippen LogP contribution >= 0.6 is 0 Å². The molecule has 0 spiro atoms. The second kappa shape index (κ2) is 212. The first kappa shape index (κ1) is 241. The third kappa shape index (κ3) is 194. The van der Waals surface area contributed by atoms with Gasteiger partial charge >= 0.3 is 0 Å². The minimum absolute atomic E-state index is 0. The molecule has 0 saturated carbocycles. The van der Waals surface area contributed by atoms with Crippen LogP contribution in [0.2, 0.25) is 0 Å². The fraction of sp³-hybridized carbons (Fsp3) is 0. The van der Waals surface area contributed by atoms with E-state index < -0.39 is 0 Å². The van der Waals surface area contributed by atoms with E-state index in [9.17, 15) is 0 Å². The molecule has 0 aliphatic heterocycles. The van der Waals surface area contributed by atoms with Crippen molar-refractivity contribution in [3.05, 3.63) is 0 Å². The fourth-order valence-corrected chi connectivity index (χ4v) is 0. The molecule has 0 fully saturated rings. The van der Waals surface area contributed by atoms with Crippen molar-refractivity contribution in [3.63, 3.8) is 0 Å². The van der Waals surface area contributed by atoms with Crippen LogP contribution in [0.5, 0.6) is 0 Å². The first-order valence-electron chi connectivity index (χ1n) is 0. The second-order valence-electron chi connectivity index (χ2n) is 0. The molecule has 0 nitrogen and oxygen atoms in total. The van der Waals surface area contributed by atoms with E-state index in [1.807, 2.05) is 0 Å². The van der Waals surface area contributed by atoms with E-state index in [2.05, 4.69) is 0 Å². The van der Waals surface area contributed by atoms with Crippen LogP contribution in [0.4, 0.5) is 0 Å². The average molecular weight is 791 g/mol. The molecule has 134 valence electrons. The second-order valence-corrected chi connectivity index (χ2v) is 0. The maximum atomic E-state index is 0. The Labute approximate surface area is 257 Å². The van der Waals surface area contributed by atoms with Crippen LogP contribution in [-0.4, -0.2) is 0 Å². The number of rotatable bonds is 0. The first-order chi connectivity index (χ1) is 0. The van der Waals surface area contributed by atoms with Crippen molar-refractivity contribution in [1.82, 2.24) is 0 Å². The van der Waals surface area contributed by atoms with Gasteiger partial charge in [0.25, 0.3) is 0 Å². The van der Waals surface area contributed by atoms with E-state index in [0.29, 0.717) is 0 Å². The van der Waals surface area contributed by atoms with Crippen LogP contribution in [0.3, 0.4) is 0 Å². The van der Waals surface area contributed by atoms with E-state index >= 15 is 0 Å². The minimum atomic E-state index is 0. The zero-order valence-corrected chi connectivity index (χ0v) is 25.9. The van der Waals surface area contributed by atoms with Gasteiger partial charge in [-0.1, -0.05) is 40.5 Å². The third-order valence-corrected chi connectivity index (χ3v) is 0. The van der Waals surface area contributed by atoms with E-state index in [-0.39, 0.29) is 262 Å². The van der Waals surface area contributed by atoms with Gasteiger partial charge in [-0.3, -0.25) is 0 Å². The van der Waals surface area contributed by atoms with Gasteiger partial charge in [-0.2, -0.15) is 0 Å². The molecule has 0 heterocycles. The predicted octanol–water partition coefficient (Wildman–Crippen LogP) is -4.06. The molecule has 0 N–H and O–H groups in total. The molecule has 0 saturated heterocycles. The summed E-state index contributed by atoms with van der Waals surface area (Å²) in [7, 11) is 0.